The zero-order valence-electron chi connectivity index (χ0n) is 101. The number of esters is 1. The number of fused-ring (bicyclic) bond motifs is 4. The van der Waals surface area contributed by atoms with Crippen molar-refractivity contribution in [1.29, 1.82) is 0 Å². The molecule has 5 saturated heterocycles. The van der Waals surface area contributed by atoms with E-state index in [1.807, 2.05) is 183 Å². The van der Waals surface area contributed by atoms with Gasteiger partial charge in [0.1, 0.15) is 11.9 Å². The molecule has 5 aromatic carbocycles. The highest BCUT2D eigenvalue weighted by atomic mass is 16.6. The van der Waals surface area contributed by atoms with E-state index in [0.717, 1.165) is 141 Å². The molecule has 0 radical (unpaired) electrons. The van der Waals surface area contributed by atoms with Gasteiger partial charge in [-0.05, 0) is 387 Å². The van der Waals surface area contributed by atoms with Crippen LogP contribution < -0.4 is 0 Å². The lowest BCUT2D eigenvalue weighted by molar-refractivity contribution is -0.259. The summed E-state index contributed by atoms with van der Waals surface area (Å²) in [6.07, 6.45) is 25.9. The molecule has 0 spiro atoms. The molecule has 0 bridgehead atoms. The number of carbonyl (C=O) groups excluding carboxylic acids is 2. The smallest absolute Gasteiger partial charge is 0.338 e. The van der Waals surface area contributed by atoms with Crippen LogP contribution in [0.5, 0.6) is 0 Å². The van der Waals surface area contributed by atoms with Crippen LogP contribution in [0.15, 0.2) is 127 Å². The van der Waals surface area contributed by atoms with Gasteiger partial charge in [0, 0.05) is 99.3 Å². The Morgan fingerprint density at radius 3 is 0.804 bits per heavy atom. The number of carbonyl (C=O) groups is 2. The monoisotopic (exact) mass is 2070 g/mol. The number of ether oxygens (including phenoxy) is 2. The van der Waals surface area contributed by atoms with Crippen molar-refractivity contribution in [3.05, 3.63) is 177 Å². The van der Waals surface area contributed by atoms with E-state index in [1.54, 1.807) is 34.4 Å². The zero-order chi connectivity index (χ0) is 114. The molecule has 24 nitrogen and oxygen atoms in total. The number of ketones is 1. The van der Waals surface area contributed by atoms with Crippen molar-refractivity contribution in [2.24, 2.45) is 0 Å². The third kappa shape index (κ3) is 29.3. The van der Waals surface area contributed by atoms with Crippen LogP contribution in [0.3, 0.4) is 0 Å². The first-order chi connectivity index (χ1) is 67.8. The Bertz CT molecular complexity index is 4650. The quantitative estimate of drug-likeness (QED) is 0.0272. The minimum atomic E-state index is -0.418. The molecule has 846 valence electrons. The maximum Gasteiger partial charge on any atom is 0.338 e. The van der Waals surface area contributed by atoms with E-state index in [9.17, 15) is 61.7 Å². The largest absolute Gasteiger partial charge is 0.459 e. The lowest BCUT2D eigenvalue weighted by atomic mass is 9.80. The van der Waals surface area contributed by atoms with Crippen molar-refractivity contribution in [3.63, 3.8) is 0 Å². The molecule has 2 atom stereocenters. The zero-order valence-corrected chi connectivity index (χ0v) is 101. The minimum absolute atomic E-state index is 0.0243. The summed E-state index contributed by atoms with van der Waals surface area (Å²) in [6, 6.07) is 43.1. The summed E-state index contributed by atoms with van der Waals surface area (Å²) in [5.41, 5.74) is 6.62. The second-order valence-electron chi connectivity index (χ2n) is 53.8. The molecule has 0 saturated carbocycles. The number of hydrogen-bond donors (Lipinski definition) is 10. The maximum absolute atomic E-state index is 12.1. The van der Waals surface area contributed by atoms with E-state index in [-0.39, 0.29) is 113 Å². The van der Waals surface area contributed by atoms with Crippen molar-refractivity contribution >= 4 is 11.8 Å². The van der Waals surface area contributed by atoms with Crippen LogP contribution in [0.4, 0.5) is 0 Å². The van der Waals surface area contributed by atoms with Crippen molar-refractivity contribution in [1.82, 2.24) is 50.6 Å². The third-order valence-electron chi connectivity index (χ3n) is 34.0. The van der Waals surface area contributed by atoms with Gasteiger partial charge in [-0.15, -0.1) is 0 Å². The van der Waals surface area contributed by atoms with Gasteiger partial charge in [0.25, 0.3) is 0 Å². The minimum Gasteiger partial charge on any atom is -0.459 e. The lowest BCUT2D eigenvalue weighted by Gasteiger charge is -2.51. The topological polar surface area (TPSA) is 287 Å². The van der Waals surface area contributed by atoms with E-state index < -0.39 is 22.2 Å². The molecule has 24 heteroatoms. The molecule has 0 amide bonds. The van der Waals surface area contributed by atoms with E-state index in [1.165, 1.54) is 86.4 Å². The van der Waals surface area contributed by atoms with Crippen LogP contribution in [0.1, 0.15) is 519 Å². The van der Waals surface area contributed by atoms with Crippen LogP contribution in [-0.4, -0.2) is 200 Å². The Morgan fingerprint density at radius 2 is 0.547 bits per heavy atom. The summed E-state index contributed by atoms with van der Waals surface area (Å²) in [4.78, 5) is 23.4. The molecule has 2 unspecified atom stereocenters. The fourth-order valence-electron chi connectivity index (χ4n) is 26.8. The molecule has 0 aromatic heterocycles. The van der Waals surface area contributed by atoms with Crippen molar-refractivity contribution in [3.8, 4) is 0 Å². The molecular formula is C124H216N10O14. The fourth-order valence-corrected chi connectivity index (χ4v) is 26.8. The maximum atomic E-state index is 12.1. The van der Waals surface area contributed by atoms with E-state index in [0.29, 0.717) is 31.2 Å². The standard InChI is InChI=1S/C20H33NO.C16H23NO3.2C16H25NO.C12H17NO.C10H21NO2.C9H17NO2.C9H19NO.C8H17NO.C8H19NO/c1-5-13-19(14-6-2)17-11-9-10-12-18(17)20(15-7-3,16-8-4)21(19)22;1-15(2)10-13(11-16(3,4)17(15)19)20-14(18)12-8-6-5-7-9-12;1-5-11-15(3)13-9-7-8-10-14(13)16(4,12-6-2)17(15)18;1-5-15(6-2)13-11-9-10-12-14(13)16(7-3,8-4)17(15)18;1-11(2)9-7-5-6-8-10(9)12(3,4)13(11)14;1-9(2)6-8(13-5)7-10(3,4)11(9)12;1-8(2)5-7(11)6-9(3,4)10(8)12;1-8(2)6-5-7-9(3,4)10(8)11;1-7(2)5-6-8(3,4)9(7)10;1-7(2,3)9(10)8(4,5)6/h9-12,22H,5-8,13-16H2,1-4H3;5-9,13,19H,10-11H2,1-4H3;7-10,18H,5-6,11-12H2,1-4H3;9-12,18H,5-8H2,1-4H3;5-8,14H,1-4H3;8,12H,6-7H2,1-5H3;12H,5-6H2,1-4H3;11H,5-7H2,1-4H3;10H,5-6H2,1-4H3;10H,1-6H3. The Morgan fingerprint density at radius 1 is 0.304 bits per heavy atom. The lowest BCUT2D eigenvalue weighted by Crippen LogP contribution is -2.60. The van der Waals surface area contributed by atoms with E-state index in [2.05, 4.69) is 223 Å². The normalized spacial score (nSPS) is 24.7. The van der Waals surface area contributed by atoms with Gasteiger partial charge in [0.2, 0.25) is 0 Å². The molecular weight excluding hydrogens is 1850 g/mol. The summed E-state index contributed by atoms with van der Waals surface area (Å²) >= 11 is 0. The van der Waals surface area contributed by atoms with Gasteiger partial charge in [0.05, 0.1) is 56.0 Å². The predicted octanol–water partition coefficient (Wildman–Crippen LogP) is 31.3. The molecule has 9 heterocycles. The highest BCUT2D eigenvalue weighted by Gasteiger charge is 2.60. The number of rotatable bonds is 19. The van der Waals surface area contributed by atoms with Crippen molar-refractivity contribution in [2.45, 2.75) is 587 Å². The molecule has 5 aromatic rings. The number of hydroxylamine groups is 20. The first-order valence-corrected chi connectivity index (χ1v) is 56.4. The molecule has 0 aliphatic carbocycles. The van der Waals surface area contributed by atoms with Gasteiger partial charge >= 0.3 is 5.97 Å². The van der Waals surface area contributed by atoms with E-state index in [4.69, 9.17) is 9.47 Å². The SMILES string of the molecule is CC(C)(C)N(O)C(C)(C)C.CC1(C)CC(=O)CC(C)(C)N1O.CC1(C)CC(OC(=O)c2ccccc2)CC(C)(C)N1O.CC1(C)CCC(C)(C)N1O.CC1(C)CCCC(C)(C)N1O.CC1(C)c2ccccc2C(C)(C)N1O.CCC1(CC)c2ccccc2C(CC)(CC)N1O.CCCC1(C)c2ccccc2C(C)(CCC)N1O.CCCC1(CCC)c2ccccc2C(CCC)(CCC)N1O.COC1CC(C)(C)N(O)C(C)(C)C1. The Hall–Kier alpha value is -5.60. The Kier molecular flexibility index (Phi) is 45.9. The second kappa shape index (κ2) is 51.2. The van der Waals surface area contributed by atoms with Crippen LogP contribution in [-0.2, 0) is 58.6 Å². The number of Topliss-reactive ketones (excluding diaryl/α,β-unsaturated/α-hetero) is 1. The molecule has 5 fully saturated rings. The molecule has 14 rings (SSSR count). The Balaban J connectivity index is 0.000000292. The summed E-state index contributed by atoms with van der Waals surface area (Å²) in [7, 11) is 1.74. The van der Waals surface area contributed by atoms with Gasteiger partial charge in [-0.2, -0.15) is 50.6 Å². The molecule has 10 N–H and O–H groups in total. The fraction of sp³-hybridized carbons (Fsp3) is 0.742. The third-order valence-corrected chi connectivity index (χ3v) is 34.0. The average Bonchev–Trinajstić information content (AvgIpc) is 1.54. The van der Waals surface area contributed by atoms with E-state index >= 15 is 0 Å². The van der Waals surface area contributed by atoms with Crippen LogP contribution in [0.2, 0.25) is 0 Å². The summed E-state index contributed by atoms with van der Waals surface area (Å²) in [5.74, 6) is -0.0658. The number of nitrogens with zero attached hydrogens (tertiary/aromatic N) is 10. The molecule has 148 heavy (non-hydrogen) atoms. The number of piperidine rings is 4. The average molecular weight is 2070 g/mol. The highest BCUT2D eigenvalue weighted by molar-refractivity contribution is 5.89. The van der Waals surface area contributed by atoms with Crippen molar-refractivity contribution < 1.29 is 71.1 Å². The predicted molar refractivity (Wildman–Crippen MR) is 603 cm³/mol. The van der Waals surface area contributed by atoms with Gasteiger partial charge in [-0.25, -0.2) is 4.79 Å². The molecule has 9 aliphatic heterocycles. The first kappa shape index (κ1) is 133. The summed E-state index contributed by atoms with van der Waals surface area (Å²) in [5, 5.41) is 117. The number of hydrogen-bond acceptors (Lipinski definition) is 24. The highest BCUT2D eigenvalue weighted by Crippen LogP contribution is 2.59. The Labute approximate surface area is 900 Å². The number of methoxy groups -OCH3 is 1. The van der Waals surface area contributed by atoms with Crippen molar-refractivity contribution in [2.75, 3.05) is 7.11 Å². The summed E-state index contributed by atoms with van der Waals surface area (Å²) in [6.45, 7) is 86.5. The number of benzene rings is 5. The first-order valence-electron chi connectivity index (χ1n) is 56.4. The van der Waals surface area contributed by atoms with Gasteiger partial charge in [0.15, 0.2) is 0 Å². The van der Waals surface area contributed by atoms with Gasteiger partial charge in [-0.3, -0.25) is 4.79 Å². The van der Waals surface area contributed by atoms with Gasteiger partial charge in [-0.1, -0.05) is 223 Å². The van der Waals surface area contributed by atoms with Gasteiger partial charge < -0.3 is 61.5 Å². The second-order valence-corrected chi connectivity index (χ2v) is 53.8. The van der Waals surface area contributed by atoms with Crippen LogP contribution >= 0.6 is 0 Å². The summed E-state index contributed by atoms with van der Waals surface area (Å²) < 4.78 is 11.0. The van der Waals surface area contributed by atoms with Crippen LogP contribution in [0.25, 0.3) is 0 Å². The van der Waals surface area contributed by atoms with Crippen LogP contribution in [0, 0.1) is 0 Å². The molecule has 9 aliphatic rings.